The predicted molar refractivity (Wildman–Crippen MR) is 45.7 cm³/mol. The number of rotatable bonds is 2. The number of hydrogen-bond acceptors (Lipinski definition) is 4. The van der Waals surface area contributed by atoms with Crippen LogP contribution in [-0.4, -0.2) is 9.97 Å². The van der Waals surface area contributed by atoms with E-state index in [0.717, 1.165) is 0 Å². The third kappa shape index (κ3) is 1.84. The van der Waals surface area contributed by atoms with Crippen LogP contribution in [0.2, 0.25) is 10.3 Å². The molecule has 0 aliphatic carbocycles. The highest BCUT2D eigenvalue weighted by molar-refractivity contribution is 6.34. The molecule has 12 heavy (non-hydrogen) atoms. The van der Waals surface area contributed by atoms with Gasteiger partial charge in [-0.2, -0.15) is 0 Å². The Morgan fingerprint density at radius 1 is 1.42 bits per heavy atom. The molecule has 2 N–H and O–H groups in total. The Morgan fingerprint density at radius 2 is 1.92 bits per heavy atom. The van der Waals surface area contributed by atoms with Gasteiger partial charge in [0.15, 0.2) is 0 Å². The van der Waals surface area contributed by atoms with E-state index in [2.05, 4.69) is 14.8 Å². The highest BCUT2D eigenvalue weighted by Crippen LogP contribution is 2.27. The third-order valence-corrected chi connectivity index (χ3v) is 2.00. The molecule has 0 fully saturated rings. The minimum absolute atomic E-state index is 0.257. The van der Waals surface area contributed by atoms with Crippen LogP contribution in [0.25, 0.3) is 0 Å². The second-order valence-corrected chi connectivity index (χ2v) is 2.86. The maximum absolute atomic E-state index is 5.73. The first-order valence-corrected chi connectivity index (χ1v) is 3.93. The minimum atomic E-state index is -0.411. The molecule has 4 nitrogen and oxygen atoms in total. The van der Waals surface area contributed by atoms with Crippen molar-refractivity contribution in [1.29, 1.82) is 0 Å². The Bertz CT molecular complexity index is 261. The van der Waals surface area contributed by atoms with Crippen LogP contribution < -0.4 is 5.90 Å². The van der Waals surface area contributed by atoms with Gasteiger partial charge in [-0.05, 0) is 6.92 Å². The van der Waals surface area contributed by atoms with Crippen molar-refractivity contribution in [2.75, 3.05) is 0 Å². The average Bonchev–Trinajstić information content (AvgIpc) is 2.03. The summed E-state index contributed by atoms with van der Waals surface area (Å²) in [5.41, 5.74) is 0.503. The Kier molecular flexibility index (Phi) is 3.22. The maximum atomic E-state index is 5.73. The Balaban J connectivity index is 3.12. The van der Waals surface area contributed by atoms with E-state index in [4.69, 9.17) is 29.1 Å². The Labute approximate surface area is 79.6 Å². The van der Waals surface area contributed by atoms with Crippen molar-refractivity contribution < 1.29 is 4.84 Å². The van der Waals surface area contributed by atoms with Gasteiger partial charge in [0.2, 0.25) is 0 Å². The molecule has 0 bridgehead atoms. The fourth-order valence-corrected chi connectivity index (χ4v) is 1.38. The molecule has 1 atom stereocenters. The maximum Gasteiger partial charge on any atom is 0.139 e. The molecular weight excluding hydrogens is 201 g/mol. The van der Waals surface area contributed by atoms with Crippen LogP contribution in [0.15, 0.2) is 6.33 Å². The van der Waals surface area contributed by atoms with E-state index in [9.17, 15) is 0 Å². The highest BCUT2D eigenvalue weighted by Gasteiger charge is 2.15. The number of hydrogen-bond donors (Lipinski definition) is 1. The van der Waals surface area contributed by atoms with Gasteiger partial charge in [0, 0.05) is 0 Å². The van der Waals surface area contributed by atoms with Crippen molar-refractivity contribution in [3.8, 4) is 0 Å². The minimum Gasteiger partial charge on any atom is -0.297 e. The molecule has 1 aromatic rings. The summed E-state index contributed by atoms with van der Waals surface area (Å²) < 4.78 is 0. The molecular formula is C6H7Cl2N3O. The molecule has 1 aromatic heterocycles. The molecule has 1 rings (SSSR count). The molecule has 0 spiro atoms. The Morgan fingerprint density at radius 3 is 2.33 bits per heavy atom. The van der Waals surface area contributed by atoms with Gasteiger partial charge in [-0.1, -0.05) is 23.2 Å². The molecule has 0 saturated heterocycles. The fraction of sp³-hybridized carbons (Fsp3) is 0.333. The van der Waals surface area contributed by atoms with Gasteiger partial charge in [0.05, 0.1) is 5.56 Å². The van der Waals surface area contributed by atoms with E-state index in [1.807, 2.05) is 0 Å². The number of aromatic nitrogens is 2. The van der Waals surface area contributed by atoms with Crippen LogP contribution >= 0.6 is 23.2 Å². The summed E-state index contributed by atoms with van der Waals surface area (Å²) in [6, 6.07) is 0. The van der Waals surface area contributed by atoms with Gasteiger partial charge in [0.25, 0.3) is 0 Å². The van der Waals surface area contributed by atoms with E-state index < -0.39 is 6.10 Å². The van der Waals surface area contributed by atoms with Crippen LogP contribution in [0.1, 0.15) is 18.6 Å². The second kappa shape index (κ2) is 4.00. The van der Waals surface area contributed by atoms with Crippen molar-refractivity contribution in [3.05, 3.63) is 22.2 Å². The van der Waals surface area contributed by atoms with Crippen LogP contribution in [0.3, 0.4) is 0 Å². The summed E-state index contributed by atoms with van der Waals surface area (Å²) in [5.74, 6) is 4.97. The standard InChI is InChI=1S/C6H7Cl2N3O/c1-3(12-9)4-5(7)10-2-11-6(4)8/h2-3H,9H2,1H3. The summed E-state index contributed by atoms with van der Waals surface area (Å²) in [5, 5.41) is 0.515. The lowest BCUT2D eigenvalue weighted by molar-refractivity contribution is 0.0661. The van der Waals surface area contributed by atoms with Crippen LogP contribution in [0.5, 0.6) is 0 Å². The van der Waals surface area contributed by atoms with Crippen LogP contribution in [0.4, 0.5) is 0 Å². The SMILES string of the molecule is CC(ON)c1c(Cl)ncnc1Cl. The van der Waals surface area contributed by atoms with E-state index in [1.165, 1.54) is 6.33 Å². The van der Waals surface area contributed by atoms with E-state index >= 15 is 0 Å². The zero-order valence-corrected chi connectivity index (χ0v) is 7.80. The summed E-state index contributed by atoms with van der Waals surface area (Å²) in [7, 11) is 0. The van der Waals surface area contributed by atoms with Gasteiger partial charge < -0.3 is 0 Å². The largest absolute Gasteiger partial charge is 0.297 e. The molecule has 0 aliphatic heterocycles. The van der Waals surface area contributed by atoms with Gasteiger partial charge in [-0.15, -0.1) is 0 Å². The van der Waals surface area contributed by atoms with Gasteiger partial charge in [0.1, 0.15) is 22.7 Å². The molecule has 0 saturated carbocycles. The summed E-state index contributed by atoms with van der Waals surface area (Å²) in [6.45, 7) is 1.70. The molecule has 1 heterocycles. The van der Waals surface area contributed by atoms with Crippen LogP contribution in [0, 0.1) is 0 Å². The van der Waals surface area contributed by atoms with Crippen molar-refractivity contribution in [3.63, 3.8) is 0 Å². The number of halogens is 2. The summed E-state index contributed by atoms with van der Waals surface area (Å²) >= 11 is 11.5. The molecule has 0 radical (unpaired) electrons. The van der Waals surface area contributed by atoms with Crippen molar-refractivity contribution in [2.45, 2.75) is 13.0 Å². The van der Waals surface area contributed by atoms with Crippen molar-refractivity contribution >= 4 is 23.2 Å². The first-order valence-electron chi connectivity index (χ1n) is 3.18. The first kappa shape index (κ1) is 9.67. The first-order chi connectivity index (χ1) is 5.66. The summed E-state index contributed by atoms with van der Waals surface area (Å²) in [6.07, 6.45) is 0.864. The second-order valence-electron chi connectivity index (χ2n) is 2.15. The highest BCUT2D eigenvalue weighted by atomic mass is 35.5. The topological polar surface area (TPSA) is 61.0 Å². The fourth-order valence-electron chi connectivity index (χ4n) is 0.758. The van der Waals surface area contributed by atoms with Gasteiger partial charge in [-0.25, -0.2) is 15.9 Å². The summed E-state index contributed by atoms with van der Waals surface area (Å²) in [4.78, 5) is 12.0. The van der Waals surface area contributed by atoms with E-state index in [1.54, 1.807) is 6.92 Å². The monoisotopic (exact) mass is 207 g/mol. The smallest absolute Gasteiger partial charge is 0.139 e. The zero-order chi connectivity index (χ0) is 9.14. The third-order valence-electron chi connectivity index (χ3n) is 1.40. The average molecular weight is 208 g/mol. The van der Waals surface area contributed by atoms with Crippen molar-refractivity contribution in [1.82, 2.24) is 9.97 Å². The number of nitrogens with zero attached hydrogens (tertiary/aromatic N) is 2. The lowest BCUT2D eigenvalue weighted by atomic mass is 10.2. The molecule has 1 unspecified atom stereocenters. The molecule has 66 valence electrons. The van der Waals surface area contributed by atoms with Gasteiger partial charge in [-0.3, -0.25) is 4.84 Å². The van der Waals surface area contributed by atoms with E-state index in [0.29, 0.717) is 5.56 Å². The molecule has 0 amide bonds. The lowest BCUT2D eigenvalue weighted by Crippen LogP contribution is -2.07. The lowest BCUT2D eigenvalue weighted by Gasteiger charge is -2.10. The molecule has 6 heteroatoms. The Hall–Kier alpha value is -0.420. The van der Waals surface area contributed by atoms with Crippen molar-refractivity contribution in [2.24, 2.45) is 5.90 Å². The zero-order valence-electron chi connectivity index (χ0n) is 6.29. The quantitative estimate of drug-likeness (QED) is 0.593. The normalized spacial score (nSPS) is 13.0. The van der Waals surface area contributed by atoms with E-state index in [-0.39, 0.29) is 10.3 Å². The molecule has 0 aromatic carbocycles. The predicted octanol–water partition coefficient (Wildman–Crippen LogP) is 1.73. The molecule has 0 aliphatic rings. The van der Waals surface area contributed by atoms with Crippen LogP contribution in [-0.2, 0) is 4.84 Å². The van der Waals surface area contributed by atoms with Gasteiger partial charge >= 0.3 is 0 Å². The number of nitrogens with two attached hydrogens (primary N) is 1.